The fraction of sp³-hybridized carbons (Fsp3) is 0.111. The molecule has 23 heavy (non-hydrogen) atoms. The SMILES string of the molecule is O=C(NCCOc1ccc(Cl)cc1)c1ccnc2ccccc12. The van der Waals surface area contributed by atoms with E-state index in [1.165, 1.54) is 0 Å². The number of halogens is 1. The molecule has 0 radical (unpaired) electrons. The molecule has 0 saturated carbocycles. The van der Waals surface area contributed by atoms with Crippen LogP contribution in [0.2, 0.25) is 5.02 Å². The third kappa shape index (κ3) is 3.79. The number of hydrogen-bond donors (Lipinski definition) is 1. The molecule has 0 aliphatic heterocycles. The minimum absolute atomic E-state index is 0.136. The third-order valence-corrected chi connectivity index (χ3v) is 3.62. The Kier molecular flexibility index (Phi) is 4.74. The van der Waals surface area contributed by atoms with Gasteiger partial charge < -0.3 is 10.1 Å². The predicted molar refractivity (Wildman–Crippen MR) is 91.0 cm³/mol. The van der Waals surface area contributed by atoms with Crippen molar-refractivity contribution in [1.82, 2.24) is 10.3 Å². The van der Waals surface area contributed by atoms with Gasteiger partial charge in [-0.15, -0.1) is 0 Å². The molecule has 3 rings (SSSR count). The Morgan fingerprint density at radius 1 is 1.09 bits per heavy atom. The van der Waals surface area contributed by atoms with Crippen molar-refractivity contribution in [3.05, 3.63) is 71.4 Å². The van der Waals surface area contributed by atoms with E-state index in [2.05, 4.69) is 10.3 Å². The molecule has 1 aromatic heterocycles. The summed E-state index contributed by atoms with van der Waals surface area (Å²) in [7, 11) is 0. The van der Waals surface area contributed by atoms with Crippen molar-refractivity contribution in [2.45, 2.75) is 0 Å². The highest BCUT2D eigenvalue weighted by molar-refractivity contribution is 6.30. The van der Waals surface area contributed by atoms with Gasteiger partial charge >= 0.3 is 0 Å². The van der Waals surface area contributed by atoms with Crippen LogP contribution < -0.4 is 10.1 Å². The fourth-order valence-electron chi connectivity index (χ4n) is 2.25. The number of fused-ring (bicyclic) bond motifs is 1. The van der Waals surface area contributed by atoms with E-state index >= 15 is 0 Å². The van der Waals surface area contributed by atoms with Crippen LogP contribution in [0.15, 0.2) is 60.8 Å². The Morgan fingerprint density at radius 2 is 1.87 bits per heavy atom. The van der Waals surface area contributed by atoms with Crippen molar-refractivity contribution in [3.63, 3.8) is 0 Å². The topological polar surface area (TPSA) is 51.2 Å². The van der Waals surface area contributed by atoms with Gasteiger partial charge in [0.05, 0.1) is 17.6 Å². The average molecular weight is 327 g/mol. The van der Waals surface area contributed by atoms with Gasteiger partial charge in [-0.1, -0.05) is 29.8 Å². The van der Waals surface area contributed by atoms with E-state index in [9.17, 15) is 4.79 Å². The number of ether oxygens (including phenoxy) is 1. The number of nitrogens with zero attached hydrogens (tertiary/aromatic N) is 1. The number of aromatic nitrogens is 1. The molecule has 1 amide bonds. The van der Waals surface area contributed by atoms with Crippen molar-refractivity contribution < 1.29 is 9.53 Å². The number of carbonyl (C=O) groups is 1. The average Bonchev–Trinajstić information content (AvgIpc) is 2.59. The van der Waals surface area contributed by atoms with E-state index in [1.54, 1.807) is 36.5 Å². The number of hydrogen-bond acceptors (Lipinski definition) is 3. The van der Waals surface area contributed by atoms with E-state index in [0.29, 0.717) is 23.7 Å². The lowest BCUT2D eigenvalue weighted by atomic mass is 10.1. The van der Waals surface area contributed by atoms with Crippen molar-refractivity contribution >= 4 is 28.4 Å². The molecule has 5 heteroatoms. The first-order chi connectivity index (χ1) is 11.2. The van der Waals surface area contributed by atoms with Gasteiger partial charge in [-0.05, 0) is 36.4 Å². The summed E-state index contributed by atoms with van der Waals surface area (Å²) >= 11 is 5.81. The molecule has 0 saturated heterocycles. The molecule has 4 nitrogen and oxygen atoms in total. The largest absolute Gasteiger partial charge is 0.492 e. The molecule has 116 valence electrons. The first-order valence-corrected chi connectivity index (χ1v) is 7.62. The van der Waals surface area contributed by atoms with Gasteiger partial charge in [0.15, 0.2) is 0 Å². The van der Waals surface area contributed by atoms with E-state index < -0.39 is 0 Å². The van der Waals surface area contributed by atoms with Crippen LogP contribution in [0.3, 0.4) is 0 Å². The molecule has 1 heterocycles. The first kappa shape index (κ1) is 15.3. The molecular formula is C18H15ClN2O2. The molecule has 0 bridgehead atoms. The van der Waals surface area contributed by atoms with Crippen molar-refractivity contribution in [3.8, 4) is 5.75 Å². The maximum atomic E-state index is 12.3. The number of pyridine rings is 1. The van der Waals surface area contributed by atoms with E-state index in [1.807, 2.05) is 24.3 Å². The minimum Gasteiger partial charge on any atom is -0.492 e. The summed E-state index contributed by atoms with van der Waals surface area (Å²) < 4.78 is 5.55. The second kappa shape index (κ2) is 7.11. The molecule has 0 aliphatic rings. The lowest BCUT2D eigenvalue weighted by Crippen LogP contribution is -2.28. The molecule has 3 aromatic rings. The van der Waals surface area contributed by atoms with Gasteiger partial charge in [-0.25, -0.2) is 0 Å². The standard InChI is InChI=1S/C18H15ClN2O2/c19-13-5-7-14(8-6-13)23-12-11-21-18(22)16-9-10-20-17-4-2-1-3-15(16)17/h1-10H,11-12H2,(H,21,22). The molecule has 0 aliphatic carbocycles. The Labute approximate surface area is 139 Å². The zero-order chi connectivity index (χ0) is 16.1. The number of nitrogens with one attached hydrogen (secondary N) is 1. The molecule has 0 unspecified atom stereocenters. The number of carbonyl (C=O) groups excluding carboxylic acids is 1. The predicted octanol–water partition coefficient (Wildman–Crippen LogP) is 3.70. The molecule has 0 spiro atoms. The molecule has 2 aromatic carbocycles. The summed E-state index contributed by atoms with van der Waals surface area (Å²) in [6, 6.07) is 16.4. The highest BCUT2D eigenvalue weighted by atomic mass is 35.5. The summed E-state index contributed by atoms with van der Waals surface area (Å²) in [6.45, 7) is 0.800. The number of benzene rings is 2. The molecule has 0 fully saturated rings. The van der Waals surface area contributed by atoms with E-state index in [4.69, 9.17) is 16.3 Å². The first-order valence-electron chi connectivity index (χ1n) is 7.24. The quantitative estimate of drug-likeness (QED) is 0.727. The lowest BCUT2D eigenvalue weighted by molar-refractivity contribution is 0.0948. The summed E-state index contributed by atoms with van der Waals surface area (Å²) in [4.78, 5) is 16.6. The van der Waals surface area contributed by atoms with Crippen molar-refractivity contribution in [2.24, 2.45) is 0 Å². The molecule has 0 atom stereocenters. The number of amides is 1. The summed E-state index contributed by atoms with van der Waals surface area (Å²) in [5, 5.41) is 4.36. The number of rotatable bonds is 5. The third-order valence-electron chi connectivity index (χ3n) is 3.36. The Hall–Kier alpha value is -2.59. The van der Waals surface area contributed by atoms with Crippen LogP contribution in [0.5, 0.6) is 5.75 Å². The number of para-hydroxylation sites is 1. The van der Waals surface area contributed by atoms with Gasteiger partial charge in [0.2, 0.25) is 0 Å². The van der Waals surface area contributed by atoms with Crippen LogP contribution >= 0.6 is 11.6 Å². The molecule has 1 N–H and O–H groups in total. The van der Waals surface area contributed by atoms with Crippen LogP contribution in [-0.4, -0.2) is 24.0 Å². The normalized spacial score (nSPS) is 10.5. The zero-order valence-electron chi connectivity index (χ0n) is 12.3. The zero-order valence-corrected chi connectivity index (χ0v) is 13.1. The smallest absolute Gasteiger partial charge is 0.252 e. The monoisotopic (exact) mass is 326 g/mol. The molecular weight excluding hydrogens is 312 g/mol. The van der Waals surface area contributed by atoms with Crippen LogP contribution in [-0.2, 0) is 0 Å². The van der Waals surface area contributed by atoms with Crippen LogP contribution in [0.1, 0.15) is 10.4 Å². The van der Waals surface area contributed by atoms with Gasteiger partial charge in [-0.2, -0.15) is 0 Å². The summed E-state index contributed by atoms with van der Waals surface area (Å²) in [5.41, 5.74) is 1.42. The minimum atomic E-state index is -0.136. The highest BCUT2D eigenvalue weighted by Crippen LogP contribution is 2.16. The van der Waals surface area contributed by atoms with Crippen LogP contribution in [0.25, 0.3) is 10.9 Å². The van der Waals surface area contributed by atoms with Crippen LogP contribution in [0, 0.1) is 0 Å². The maximum absolute atomic E-state index is 12.3. The van der Waals surface area contributed by atoms with Gasteiger partial charge in [-0.3, -0.25) is 9.78 Å². The maximum Gasteiger partial charge on any atom is 0.252 e. The summed E-state index contributed by atoms with van der Waals surface area (Å²) in [6.07, 6.45) is 1.64. The lowest BCUT2D eigenvalue weighted by Gasteiger charge is -2.09. The van der Waals surface area contributed by atoms with E-state index in [-0.39, 0.29) is 5.91 Å². The Bertz CT molecular complexity index is 813. The Morgan fingerprint density at radius 3 is 2.70 bits per heavy atom. The van der Waals surface area contributed by atoms with Gasteiger partial charge in [0, 0.05) is 16.6 Å². The van der Waals surface area contributed by atoms with Gasteiger partial charge in [0.25, 0.3) is 5.91 Å². The highest BCUT2D eigenvalue weighted by Gasteiger charge is 2.09. The Balaban J connectivity index is 1.57. The van der Waals surface area contributed by atoms with E-state index in [0.717, 1.165) is 16.7 Å². The fourth-order valence-corrected chi connectivity index (χ4v) is 2.38. The second-order valence-electron chi connectivity index (χ2n) is 4.93. The summed E-state index contributed by atoms with van der Waals surface area (Å²) in [5.74, 6) is 0.585. The van der Waals surface area contributed by atoms with Crippen molar-refractivity contribution in [1.29, 1.82) is 0 Å². The van der Waals surface area contributed by atoms with Gasteiger partial charge in [0.1, 0.15) is 12.4 Å². The van der Waals surface area contributed by atoms with Crippen LogP contribution in [0.4, 0.5) is 0 Å². The second-order valence-corrected chi connectivity index (χ2v) is 5.37. The van der Waals surface area contributed by atoms with Crippen molar-refractivity contribution in [2.75, 3.05) is 13.2 Å².